The molecular formula is C15H11N3O4. The van der Waals surface area contributed by atoms with Crippen LogP contribution in [0.15, 0.2) is 47.8 Å². The molecule has 0 amide bonds. The van der Waals surface area contributed by atoms with Gasteiger partial charge in [-0.2, -0.15) is 0 Å². The van der Waals surface area contributed by atoms with Gasteiger partial charge in [-0.15, -0.1) is 4.91 Å². The number of fused-ring (bicyclic) bond motifs is 1. The number of carbonyl (C=O) groups is 1. The van der Waals surface area contributed by atoms with E-state index in [1.807, 2.05) is 0 Å². The highest BCUT2D eigenvalue weighted by Crippen LogP contribution is 2.36. The number of ether oxygens (including phenoxy) is 1. The van der Waals surface area contributed by atoms with Crippen molar-refractivity contribution < 1.29 is 14.6 Å². The molecule has 22 heavy (non-hydrogen) atoms. The number of para-hydroxylation sites is 1. The summed E-state index contributed by atoms with van der Waals surface area (Å²) in [5.74, 6) is -0.511. The molecule has 0 aliphatic carbocycles. The van der Waals surface area contributed by atoms with E-state index in [0.717, 1.165) is 0 Å². The summed E-state index contributed by atoms with van der Waals surface area (Å²) >= 11 is 0. The molecule has 0 spiro atoms. The Hall–Kier alpha value is -3.22. The van der Waals surface area contributed by atoms with Crippen LogP contribution in [0.5, 0.6) is 5.75 Å². The summed E-state index contributed by atoms with van der Waals surface area (Å²) in [6.45, 7) is 0. The van der Waals surface area contributed by atoms with Crippen molar-refractivity contribution in [2.45, 2.75) is 0 Å². The maximum absolute atomic E-state index is 11.3. The van der Waals surface area contributed by atoms with Gasteiger partial charge in [0.05, 0.1) is 12.7 Å². The smallest absolute Gasteiger partial charge is 0.337 e. The molecule has 1 N–H and O–H groups in total. The Balaban J connectivity index is 2.30. The lowest BCUT2D eigenvalue weighted by molar-refractivity contribution is 0.0696. The molecule has 3 aromatic rings. The van der Waals surface area contributed by atoms with Crippen LogP contribution in [0.3, 0.4) is 0 Å². The quantitative estimate of drug-likeness (QED) is 0.747. The first-order valence-corrected chi connectivity index (χ1v) is 6.38. The average molecular weight is 297 g/mol. The number of imidazole rings is 1. The molecule has 7 heteroatoms. The number of nitroso groups, excluding NO2 is 1. The number of methoxy groups -OCH3 is 1. The lowest BCUT2D eigenvalue weighted by atomic mass is 10.1. The van der Waals surface area contributed by atoms with Gasteiger partial charge in [-0.25, -0.2) is 9.78 Å². The number of benzene rings is 1. The van der Waals surface area contributed by atoms with Crippen molar-refractivity contribution in [1.82, 2.24) is 9.38 Å². The summed E-state index contributed by atoms with van der Waals surface area (Å²) in [5, 5.41) is 12.1. The van der Waals surface area contributed by atoms with Gasteiger partial charge in [0, 0.05) is 11.8 Å². The Morgan fingerprint density at radius 1 is 1.27 bits per heavy atom. The molecule has 0 unspecified atom stereocenters. The fraction of sp³-hybridized carbons (Fsp3) is 0.0667. The van der Waals surface area contributed by atoms with Gasteiger partial charge in [0.2, 0.25) is 5.82 Å². The zero-order valence-electron chi connectivity index (χ0n) is 11.6. The average Bonchev–Trinajstić information content (AvgIpc) is 2.92. The Kier molecular flexibility index (Phi) is 3.30. The molecule has 2 heterocycles. The summed E-state index contributed by atoms with van der Waals surface area (Å²) in [7, 11) is 1.52. The van der Waals surface area contributed by atoms with Crippen LogP contribution in [0.4, 0.5) is 5.82 Å². The van der Waals surface area contributed by atoms with E-state index in [9.17, 15) is 9.70 Å². The molecular weight excluding hydrogens is 286 g/mol. The third-order valence-corrected chi connectivity index (χ3v) is 3.29. The highest BCUT2D eigenvalue weighted by atomic mass is 16.5. The summed E-state index contributed by atoms with van der Waals surface area (Å²) in [5.41, 5.74) is 1.43. The maximum Gasteiger partial charge on any atom is 0.337 e. The Labute approximate surface area is 124 Å². The molecule has 0 saturated carbocycles. The zero-order valence-corrected chi connectivity index (χ0v) is 11.6. The van der Waals surface area contributed by atoms with Crippen LogP contribution in [-0.2, 0) is 0 Å². The highest BCUT2D eigenvalue weighted by Gasteiger charge is 2.19. The number of hydrogen-bond donors (Lipinski definition) is 1. The minimum Gasteiger partial charge on any atom is -0.496 e. The van der Waals surface area contributed by atoms with Crippen LogP contribution in [0.25, 0.3) is 16.9 Å². The third kappa shape index (κ3) is 2.08. The first kappa shape index (κ1) is 13.7. The molecule has 0 bridgehead atoms. The standard InChI is InChI=1S/C15H11N3O4/c1-22-11-5-3-2-4-10(11)13-14(17-21)18-8-9(15(19)20)6-7-12(18)16-13/h2-8H,1H3,(H,19,20). The third-order valence-electron chi connectivity index (χ3n) is 3.29. The number of pyridine rings is 1. The topological polar surface area (TPSA) is 93.3 Å². The first-order valence-electron chi connectivity index (χ1n) is 6.38. The lowest BCUT2D eigenvalue weighted by Crippen LogP contribution is -1.98. The van der Waals surface area contributed by atoms with Crippen molar-refractivity contribution >= 4 is 17.4 Å². The first-order chi connectivity index (χ1) is 10.7. The normalized spacial score (nSPS) is 10.6. The molecule has 0 saturated heterocycles. The summed E-state index contributed by atoms with van der Waals surface area (Å²) in [4.78, 5) is 26.7. The van der Waals surface area contributed by atoms with Gasteiger partial charge in [-0.3, -0.25) is 4.40 Å². The monoisotopic (exact) mass is 297 g/mol. The van der Waals surface area contributed by atoms with E-state index in [1.165, 1.54) is 29.8 Å². The second-order valence-electron chi connectivity index (χ2n) is 4.53. The second-order valence-corrected chi connectivity index (χ2v) is 4.53. The predicted octanol–water partition coefficient (Wildman–Crippen LogP) is 3.11. The van der Waals surface area contributed by atoms with Crippen molar-refractivity contribution in [1.29, 1.82) is 0 Å². The summed E-state index contributed by atoms with van der Waals surface area (Å²) in [6, 6.07) is 10.0. The Bertz CT molecular complexity index is 886. The number of hydrogen-bond acceptors (Lipinski definition) is 5. The van der Waals surface area contributed by atoms with Crippen molar-refractivity contribution in [3.05, 3.63) is 53.1 Å². The largest absolute Gasteiger partial charge is 0.496 e. The van der Waals surface area contributed by atoms with E-state index < -0.39 is 5.97 Å². The molecule has 1 aromatic carbocycles. The van der Waals surface area contributed by atoms with Crippen LogP contribution in [0.1, 0.15) is 10.4 Å². The van der Waals surface area contributed by atoms with Gasteiger partial charge in [0.1, 0.15) is 17.1 Å². The van der Waals surface area contributed by atoms with Crippen LogP contribution in [-0.4, -0.2) is 27.6 Å². The van der Waals surface area contributed by atoms with Gasteiger partial charge in [-0.1, -0.05) is 12.1 Å². The van der Waals surface area contributed by atoms with Gasteiger partial charge < -0.3 is 9.84 Å². The fourth-order valence-electron chi connectivity index (χ4n) is 2.27. The highest BCUT2D eigenvalue weighted by molar-refractivity contribution is 5.88. The molecule has 0 atom stereocenters. The van der Waals surface area contributed by atoms with Crippen molar-refractivity contribution in [2.75, 3.05) is 7.11 Å². The number of nitrogens with zero attached hydrogens (tertiary/aromatic N) is 3. The van der Waals surface area contributed by atoms with Crippen LogP contribution < -0.4 is 4.74 Å². The fourth-order valence-corrected chi connectivity index (χ4v) is 2.27. The summed E-state index contributed by atoms with van der Waals surface area (Å²) < 4.78 is 6.63. The number of rotatable bonds is 4. The molecule has 0 aliphatic heterocycles. The molecule has 0 aliphatic rings. The van der Waals surface area contributed by atoms with Crippen LogP contribution in [0.2, 0.25) is 0 Å². The molecule has 2 aromatic heterocycles. The van der Waals surface area contributed by atoms with Gasteiger partial charge in [0.25, 0.3) is 0 Å². The van der Waals surface area contributed by atoms with Crippen molar-refractivity contribution in [3.63, 3.8) is 0 Å². The van der Waals surface area contributed by atoms with Crippen molar-refractivity contribution in [3.8, 4) is 17.0 Å². The van der Waals surface area contributed by atoms with E-state index in [4.69, 9.17) is 9.84 Å². The maximum atomic E-state index is 11.3. The Morgan fingerprint density at radius 3 is 2.73 bits per heavy atom. The number of carboxylic acid groups (broad SMARTS) is 1. The van der Waals surface area contributed by atoms with Gasteiger partial charge >= 0.3 is 5.97 Å². The van der Waals surface area contributed by atoms with E-state index in [1.54, 1.807) is 24.3 Å². The number of carboxylic acids is 1. The van der Waals surface area contributed by atoms with E-state index in [-0.39, 0.29) is 11.4 Å². The van der Waals surface area contributed by atoms with E-state index >= 15 is 0 Å². The van der Waals surface area contributed by atoms with Gasteiger partial charge in [0.15, 0.2) is 0 Å². The van der Waals surface area contributed by atoms with Crippen LogP contribution in [0, 0.1) is 4.91 Å². The van der Waals surface area contributed by atoms with Gasteiger partial charge in [-0.05, 0) is 29.4 Å². The number of aromatic carboxylic acids is 1. The molecule has 0 radical (unpaired) electrons. The van der Waals surface area contributed by atoms with Crippen molar-refractivity contribution in [2.24, 2.45) is 5.18 Å². The predicted molar refractivity (Wildman–Crippen MR) is 79.6 cm³/mol. The minimum absolute atomic E-state index is 0.0302. The summed E-state index contributed by atoms with van der Waals surface area (Å²) in [6.07, 6.45) is 1.32. The molecule has 7 nitrogen and oxygen atoms in total. The molecule has 0 fully saturated rings. The Morgan fingerprint density at radius 2 is 2.05 bits per heavy atom. The molecule has 110 valence electrons. The SMILES string of the molecule is COc1ccccc1-c1nc2ccc(C(=O)O)cn2c1N=O. The zero-order chi connectivity index (χ0) is 15.7. The van der Waals surface area contributed by atoms with E-state index in [0.29, 0.717) is 22.7 Å². The second kappa shape index (κ2) is 5.28. The minimum atomic E-state index is -1.09. The number of aromatic nitrogens is 2. The van der Waals surface area contributed by atoms with Crippen LogP contribution >= 0.6 is 0 Å². The molecule has 3 rings (SSSR count). The lowest BCUT2D eigenvalue weighted by Gasteiger charge is -2.05. The van der Waals surface area contributed by atoms with E-state index in [2.05, 4.69) is 10.2 Å².